The normalized spacial score (nSPS) is 12.5. The molecule has 0 aromatic heterocycles. The summed E-state index contributed by atoms with van der Waals surface area (Å²) in [6.07, 6.45) is 1.55. The van der Waals surface area contributed by atoms with Gasteiger partial charge in [0, 0.05) is 12.6 Å². The highest BCUT2D eigenvalue weighted by Crippen LogP contribution is 2.19. The molecule has 0 radical (unpaired) electrons. The summed E-state index contributed by atoms with van der Waals surface area (Å²) < 4.78 is 23.1. The van der Waals surface area contributed by atoms with Crippen molar-refractivity contribution in [1.82, 2.24) is 4.90 Å². The second-order valence-corrected chi connectivity index (χ2v) is 4.84. The Morgan fingerprint density at radius 2 is 1.95 bits per heavy atom. The van der Waals surface area contributed by atoms with Gasteiger partial charge in [-0.2, -0.15) is 0 Å². The number of hydrogen-bond donors (Lipinski definition) is 0. The first-order valence-corrected chi connectivity index (χ1v) is 6.68. The van der Waals surface area contributed by atoms with Crippen LogP contribution in [0.1, 0.15) is 19.4 Å². The van der Waals surface area contributed by atoms with Crippen LogP contribution in [0.25, 0.3) is 6.08 Å². The van der Waals surface area contributed by atoms with Crippen LogP contribution in [-0.2, 0) is 14.3 Å². The molecular formula is C16H20FNO4. The molecule has 0 saturated carbocycles. The lowest BCUT2D eigenvalue weighted by atomic mass is 10.1. The number of halogens is 1. The summed E-state index contributed by atoms with van der Waals surface area (Å²) >= 11 is 0. The third kappa shape index (κ3) is 4.07. The third-order valence-corrected chi connectivity index (χ3v) is 3.34. The molecule has 1 rings (SSSR count). The van der Waals surface area contributed by atoms with E-state index in [4.69, 9.17) is 4.74 Å². The van der Waals surface area contributed by atoms with Gasteiger partial charge < -0.3 is 14.4 Å². The molecule has 1 atom stereocenters. The standard InChI is InChI=1S/C16H20FNO4/c1-10(15(19)18(3)11(2)16(20)22-5)8-12-6-7-14(21-4)13(17)9-12/h6-9,11H,1-5H3. The van der Waals surface area contributed by atoms with E-state index in [-0.39, 0.29) is 11.7 Å². The molecular weight excluding hydrogens is 289 g/mol. The lowest BCUT2D eigenvalue weighted by molar-refractivity contribution is -0.149. The summed E-state index contributed by atoms with van der Waals surface area (Å²) in [7, 11) is 4.15. The monoisotopic (exact) mass is 309 g/mol. The van der Waals surface area contributed by atoms with Crippen molar-refractivity contribution >= 4 is 18.0 Å². The number of likely N-dealkylation sites (N-methyl/N-ethyl adjacent to an activating group) is 1. The summed E-state index contributed by atoms with van der Waals surface area (Å²) in [4.78, 5) is 25.0. The van der Waals surface area contributed by atoms with Crippen LogP contribution in [0.4, 0.5) is 4.39 Å². The minimum absolute atomic E-state index is 0.137. The number of esters is 1. The van der Waals surface area contributed by atoms with Crippen molar-refractivity contribution in [2.45, 2.75) is 19.9 Å². The van der Waals surface area contributed by atoms with Crippen molar-refractivity contribution in [3.8, 4) is 5.75 Å². The molecule has 1 amide bonds. The molecule has 0 saturated heterocycles. The molecule has 1 unspecified atom stereocenters. The van der Waals surface area contributed by atoms with Crippen LogP contribution in [0.5, 0.6) is 5.75 Å². The van der Waals surface area contributed by atoms with Crippen molar-refractivity contribution in [2.75, 3.05) is 21.3 Å². The SMILES string of the molecule is COC(=O)C(C)N(C)C(=O)C(C)=Cc1ccc(OC)c(F)c1. The largest absolute Gasteiger partial charge is 0.494 e. The van der Waals surface area contributed by atoms with Crippen LogP contribution >= 0.6 is 0 Å². The topological polar surface area (TPSA) is 55.8 Å². The highest BCUT2D eigenvalue weighted by Gasteiger charge is 2.23. The third-order valence-electron chi connectivity index (χ3n) is 3.34. The summed E-state index contributed by atoms with van der Waals surface area (Å²) in [6, 6.07) is 3.70. The Balaban J connectivity index is 2.94. The molecule has 1 aromatic carbocycles. The maximum atomic E-state index is 13.6. The molecule has 0 N–H and O–H groups in total. The zero-order chi connectivity index (χ0) is 16.9. The van der Waals surface area contributed by atoms with Crippen molar-refractivity contribution in [2.24, 2.45) is 0 Å². The van der Waals surface area contributed by atoms with Gasteiger partial charge in [0.25, 0.3) is 0 Å². The fraction of sp³-hybridized carbons (Fsp3) is 0.375. The van der Waals surface area contributed by atoms with Gasteiger partial charge in [-0.15, -0.1) is 0 Å². The Kier molecular flexibility index (Phi) is 6.10. The summed E-state index contributed by atoms with van der Waals surface area (Å²) in [5.41, 5.74) is 0.908. The molecule has 6 heteroatoms. The van der Waals surface area contributed by atoms with Gasteiger partial charge in [-0.05, 0) is 37.6 Å². The quantitative estimate of drug-likeness (QED) is 0.618. The van der Waals surface area contributed by atoms with E-state index in [2.05, 4.69) is 4.74 Å². The Morgan fingerprint density at radius 1 is 1.32 bits per heavy atom. The van der Waals surface area contributed by atoms with Gasteiger partial charge in [0.05, 0.1) is 14.2 Å². The van der Waals surface area contributed by atoms with Gasteiger partial charge in [0.15, 0.2) is 11.6 Å². The molecule has 0 bridgehead atoms. The summed E-state index contributed by atoms with van der Waals surface area (Å²) in [5, 5.41) is 0. The fourth-order valence-corrected chi connectivity index (χ4v) is 1.87. The molecule has 0 aliphatic rings. The van der Waals surface area contributed by atoms with Crippen LogP contribution in [0.2, 0.25) is 0 Å². The van der Waals surface area contributed by atoms with Gasteiger partial charge in [-0.1, -0.05) is 6.07 Å². The number of methoxy groups -OCH3 is 2. The van der Waals surface area contributed by atoms with E-state index >= 15 is 0 Å². The second kappa shape index (κ2) is 7.59. The average molecular weight is 309 g/mol. The van der Waals surface area contributed by atoms with Gasteiger partial charge >= 0.3 is 5.97 Å². The van der Waals surface area contributed by atoms with Crippen molar-refractivity contribution in [1.29, 1.82) is 0 Å². The first-order valence-electron chi connectivity index (χ1n) is 6.68. The minimum atomic E-state index is -0.701. The van der Waals surface area contributed by atoms with Crippen LogP contribution in [-0.4, -0.2) is 44.1 Å². The highest BCUT2D eigenvalue weighted by atomic mass is 19.1. The molecule has 0 spiro atoms. The van der Waals surface area contributed by atoms with Crippen LogP contribution < -0.4 is 4.74 Å². The van der Waals surface area contributed by atoms with Crippen LogP contribution in [0, 0.1) is 5.82 Å². The zero-order valence-corrected chi connectivity index (χ0v) is 13.3. The van der Waals surface area contributed by atoms with E-state index in [0.717, 1.165) is 0 Å². The minimum Gasteiger partial charge on any atom is -0.494 e. The number of amides is 1. The predicted molar refractivity (Wildman–Crippen MR) is 80.9 cm³/mol. The van der Waals surface area contributed by atoms with E-state index < -0.39 is 17.8 Å². The molecule has 22 heavy (non-hydrogen) atoms. The number of ether oxygens (including phenoxy) is 2. The zero-order valence-electron chi connectivity index (χ0n) is 13.3. The lowest BCUT2D eigenvalue weighted by Gasteiger charge is -2.23. The summed E-state index contributed by atoms with van der Waals surface area (Å²) in [5.74, 6) is -1.21. The molecule has 1 aromatic rings. The number of carbonyl (C=O) groups excluding carboxylic acids is 2. The Hall–Kier alpha value is -2.37. The number of carbonyl (C=O) groups is 2. The molecule has 0 heterocycles. The smallest absolute Gasteiger partial charge is 0.328 e. The average Bonchev–Trinajstić information content (AvgIpc) is 2.51. The maximum absolute atomic E-state index is 13.6. The number of rotatable bonds is 5. The van der Waals surface area contributed by atoms with E-state index in [1.165, 1.54) is 38.3 Å². The van der Waals surface area contributed by atoms with Crippen LogP contribution in [0.3, 0.4) is 0 Å². The fourth-order valence-electron chi connectivity index (χ4n) is 1.87. The molecule has 0 fully saturated rings. The van der Waals surface area contributed by atoms with Gasteiger partial charge in [-0.3, -0.25) is 4.79 Å². The Bertz CT molecular complexity index is 598. The maximum Gasteiger partial charge on any atom is 0.328 e. The molecule has 120 valence electrons. The number of hydrogen-bond acceptors (Lipinski definition) is 4. The predicted octanol–water partition coefficient (Wildman–Crippen LogP) is 2.26. The van der Waals surface area contributed by atoms with E-state index in [1.54, 1.807) is 26.0 Å². The van der Waals surface area contributed by atoms with Gasteiger partial charge in [0.1, 0.15) is 6.04 Å². The molecule has 0 aliphatic carbocycles. The van der Waals surface area contributed by atoms with Crippen LogP contribution in [0.15, 0.2) is 23.8 Å². The van der Waals surface area contributed by atoms with Crippen molar-refractivity contribution in [3.05, 3.63) is 35.2 Å². The van der Waals surface area contributed by atoms with Crippen molar-refractivity contribution in [3.63, 3.8) is 0 Å². The first-order chi connectivity index (χ1) is 10.3. The number of benzene rings is 1. The summed E-state index contributed by atoms with van der Waals surface area (Å²) in [6.45, 7) is 3.18. The first kappa shape index (κ1) is 17.7. The van der Waals surface area contributed by atoms with E-state index in [1.807, 2.05) is 0 Å². The lowest BCUT2D eigenvalue weighted by Crippen LogP contribution is -2.41. The molecule has 0 aliphatic heterocycles. The van der Waals surface area contributed by atoms with Gasteiger partial charge in [-0.25, -0.2) is 9.18 Å². The highest BCUT2D eigenvalue weighted by molar-refractivity contribution is 5.99. The second-order valence-electron chi connectivity index (χ2n) is 4.84. The van der Waals surface area contributed by atoms with Crippen molar-refractivity contribution < 1.29 is 23.5 Å². The van der Waals surface area contributed by atoms with E-state index in [9.17, 15) is 14.0 Å². The molecule has 5 nitrogen and oxygen atoms in total. The number of nitrogens with zero attached hydrogens (tertiary/aromatic N) is 1. The Morgan fingerprint density at radius 3 is 2.45 bits per heavy atom. The van der Waals surface area contributed by atoms with E-state index in [0.29, 0.717) is 11.1 Å². The Labute approximate surface area is 129 Å². The van der Waals surface area contributed by atoms with Gasteiger partial charge in [0.2, 0.25) is 5.91 Å².